The van der Waals surface area contributed by atoms with Crippen molar-refractivity contribution in [3.05, 3.63) is 81.5 Å². The molecule has 9 heteroatoms. The van der Waals surface area contributed by atoms with Gasteiger partial charge in [0, 0.05) is 23.7 Å². The van der Waals surface area contributed by atoms with E-state index in [0.29, 0.717) is 22.1 Å². The van der Waals surface area contributed by atoms with Gasteiger partial charge in [-0.25, -0.2) is 4.39 Å². The highest BCUT2D eigenvalue weighted by Gasteiger charge is 2.19. The number of nitrogens with one attached hydrogen (secondary N) is 1. The van der Waals surface area contributed by atoms with Crippen molar-refractivity contribution < 1.29 is 24.1 Å². The molecular weight excluding hydrogens is 403 g/mol. The lowest BCUT2D eigenvalue weighted by molar-refractivity contribution is 0.0949. The Kier molecular flexibility index (Phi) is 5.94. The average molecular weight is 417 g/mol. The second-order valence-corrected chi connectivity index (χ2v) is 6.35. The maximum Gasteiger partial charge on any atom is 0.257 e. The first-order valence-electron chi connectivity index (χ1n) is 8.26. The molecule has 3 rings (SSSR count). The summed E-state index contributed by atoms with van der Waals surface area (Å²) in [5.41, 5.74) is -0.204. The van der Waals surface area contributed by atoms with Gasteiger partial charge in [0.25, 0.3) is 5.91 Å². The number of phenols is 2. The van der Waals surface area contributed by atoms with E-state index in [2.05, 4.69) is 10.5 Å². The maximum atomic E-state index is 12.9. The van der Waals surface area contributed by atoms with Crippen LogP contribution in [0.25, 0.3) is 0 Å². The van der Waals surface area contributed by atoms with Crippen LogP contribution in [0.3, 0.4) is 0 Å². The number of ether oxygens (including phenoxy) is 1. The van der Waals surface area contributed by atoms with Crippen LogP contribution in [0.5, 0.6) is 23.0 Å². The minimum Gasteiger partial charge on any atom is -0.508 e. The summed E-state index contributed by atoms with van der Waals surface area (Å²) in [6.45, 7) is -0.00684. The van der Waals surface area contributed by atoms with Crippen LogP contribution in [-0.4, -0.2) is 16.1 Å². The molecule has 0 radical (unpaired) electrons. The van der Waals surface area contributed by atoms with Crippen LogP contribution in [0.15, 0.2) is 59.8 Å². The van der Waals surface area contributed by atoms with E-state index in [1.807, 2.05) is 0 Å². The minimum atomic E-state index is -0.764. The molecular formula is C20H14ClFN2O5. The molecule has 0 heterocycles. The minimum absolute atomic E-state index is 0.00684. The molecule has 0 spiro atoms. The molecule has 0 saturated heterocycles. The zero-order chi connectivity index (χ0) is 21.0. The van der Waals surface area contributed by atoms with Crippen LogP contribution in [0.4, 0.5) is 10.1 Å². The summed E-state index contributed by atoms with van der Waals surface area (Å²) in [4.78, 5) is 23.2. The van der Waals surface area contributed by atoms with E-state index < -0.39 is 23.1 Å². The number of amides is 1. The summed E-state index contributed by atoms with van der Waals surface area (Å²) in [5, 5.41) is 24.7. The lowest BCUT2D eigenvalue weighted by Crippen LogP contribution is -2.23. The van der Waals surface area contributed by atoms with E-state index in [0.717, 1.165) is 12.1 Å². The number of rotatable bonds is 6. The predicted molar refractivity (Wildman–Crippen MR) is 104 cm³/mol. The Morgan fingerprint density at radius 2 is 1.76 bits per heavy atom. The Hall–Kier alpha value is -3.65. The summed E-state index contributed by atoms with van der Waals surface area (Å²) in [6.07, 6.45) is 0. The number of carbonyl (C=O) groups excluding carboxylic acids is 1. The van der Waals surface area contributed by atoms with Crippen LogP contribution < -0.4 is 10.1 Å². The van der Waals surface area contributed by atoms with E-state index in [-0.39, 0.29) is 17.9 Å². The molecule has 3 aromatic rings. The molecule has 29 heavy (non-hydrogen) atoms. The third-order valence-corrected chi connectivity index (χ3v) is 4.27. The number of benzene rings is 3. The molecule has 148 valence electrons. The largest absolute Gasteiger partial charge is 0.508 e. The van der Waals surface area contributed by atoms with E-state index >= 15 is 0 Å². The molecule has 3 N–H and O–H groups in total. The van der Waals surface area contributed by atoms with Crippen molar-refractivity contribution in [2.24, 2.45) is 5.18 Å². The van der Waals surface area contributed by atoms with Crippen molar-refractivity contribution in [1.82, 2.24) is 5.32 Å². The highest BCUT2D eigenvalue weighted by molar-refractivity contribution is 6.31. The van der Waals surface area contributed by atoms with Gasteiger partial charge in [0.1, 0.15) is 40.1 Å². The highest BCUT2D eigenvalue weighted by atomic mass is 35.5. The van der Waals surface area contributed by atoms with Crippen LogP contribution in [0.1, 0.15) is 15.9 Å². The Morgan fingerprint density at radius 3 is 2.41 bits per heavy atom. The van der Waals surface area contributed by atoms with E-state index in [1.54, 1.807) is 12.1 Å². The number of nitroso groups, excluding NO2 is 1. The third kappa shape index (κ3) is 4.80. The molecule has 7 nitrogen and oxygen atoms in total. The third-order valence-electron chi connectivity index (χ3n) is 3.92. The van der Waals surface area contributed by atoms with Gasteiger partial charge in [0.15, 0.2) is 0 Å². The first-order valence-corrected chi connectivity index (χ1v) is 8.64. The summed E-state index contributed by atoms with van der Waals surface area (Å²) in [6, 6.07) is 12.1. The zero-order valence-corrected chi connectivity index (χ0v) is 15.5. The second kappa shape index (κ2) is 8.57. The Balaban J connectivity index is 1.70. The quantitative estimate of drug-likeness (QED) is 0.489. The second-order valence-electron chi connectivity index (χ2n) is 5.94. The van der Waals surface area contributed by atoms with Gasteiger partial charge in [-0.05, 0) is 47.1 Å². The number of hydrogen-bond donors (Lipinski definition) is 3. The molecule has 0 aliphatic rings. The molecule has 0 unspecified atom stereocenters. The lowest BCUT2D eigenvalue weighted by atomic mass is 10.1. The molecule has 0 aromatic heterocycles. The van der Waals surface area contributed by atoms with Gasteiger partial charge < -0.3 is 20.3 Å². The SMILES string of the molecule is O=Nc1cc(O)cc(O)c1C(=O)NCc1ccc(Oc2ccc(F)cc2)cc1Cl. The van der Waals surface area contributed by atoms with Gasteiger partial charge in [-0.2, -0.15) is 0 Å². The monoisotopic (exact) mass is 416 g/mol. The van der Waals surface area contributed by atoms with Gasteiger partial charge in [-0.1, -0.05) is 17.7 Å². The number of hydrogen-bond acceptors (Lipinski definition) is 6. The first-order chi connectivity index (χ1) is 13.9. The molecule has 0 aliphatic heterocycles. The normalized spacial score (nSPS) is 10.4. The molecule has 0 saturated carbocycles. The van der Waals surface area contributed by atoms with Crippen molar-refractivity contribution in [3.8, 4) is 23.0 Å². The number of nitrogens with zero attached hydrogens (tertiary/aromatic N) is 1. The van der Waals surface area contributed by atoms with E-state index in [9.17, 15) is 24.3 Å². The first kappa shape index (κ1) is 20.1. The highest BCUT2D eigenvalue weighted by Crippen LogP contribution is 2.33. The average Bonchev–Trinajstić information content (AvgIpc) is 2.68. The summed E-state index contributed by atoms with van der Waals surface area (Å²) in [7, 11) is 0. The number of aromatic hydroxyl groups is 2. The molecule has 0 atom stereocenters. The van der Waals surface area contributed by atoms with E-state index in [1.165, 1.54) is 30.3 Å². The van der Waals surface area contributed by atoms with Gasteiger partial charge in [-0.3, -0.25) is 4.79 Å². The van der Waals surface area contributed by atoms with Crippen LogP contribution in [-0.2, 0) is 6.54 Å². The Bertz CT molecular complexity index is 1070. The molecule has 3 aromatic carbocycles. The molecule has 0 aliphatic carbocycles. The number of phenolic OH excluding ortho intramolecular Hbond substituents is 2. The smallest absolute Gasteiger partial charge is 0.257 e. The zero-order valence-electron chi connectivity index (χ0n) is 14.7. The van der Waals surface area contributed by atoms with Gasteiger partial charge in [0.05, 0.1) is 0 Å². The number of carbonyl (C=O) groups is 1. The summed E-state index contributed by atoms with van der Waals surface area (Å²) < 4.78 is 18.5. The van der Waals surface area contributed by atoms with E-state index in [4.69, 9.17) is 16.3 Å². The predicted octanol–water partition coefficient (Wildman–Crippen LogP) is 5.01. The topological polar surface area (TPSA) is 108 Å². The van der Waals surface area contributed by atoms with Crippen LogP contribution in [0, 0.1) is 10.7 Å². The fraction of sp³-hybridized carbons (Fsp3) is 0.0500. The fourth-order valence-corrected chi connectivity index (χ4v) is 2.78. The summed E-state index contributed by atoms with van der Waals surface area (Å²) >= 11 is 6.22. The van der Waals surface area contributed by atoms with Crippen molar-refractivity contribution in [2.45, 2.75) is 6.54 Å². The Morgan fingerprint density at radius 1 is 1.07 bits per heavy atom. The van der Waals surface area contributed by atoms with Gasteiger partial charge in [-0.15, -0.1) is 4.91 Å². The van der Waals surface area contributed by atoms with Crippen molar-refractivity contribution in [3.63, 3.8) is 0 Å². The lowest BCUT2D eigenvalue weighted by Gasteiger charge is -2.11. The van der Waals surface area contributed by atoms with Gasteiger partial charge in [0.2, 0.25) is 0 Å². The standard InChI is InChI=1S/C20H14ClFN2O5/c21-16-9-15(29-14-5-2-12(22)3-6-14)4-1-11(16)10-23-20(27)19-17(24-28)7-13(25)8-18(19)26/h1-9,25-26H,10H2,(H,23,27). The molecule has 1 amide bonds. The fourth-order valence-electron chi connectivity index (χ4n) is 2.54. The van der Waals surface area contributed by atoms with Crippen molar-refractivity contribution in [2.75, 3.05) is 0 Å². The molecule has 0 bridgehead atoms. The molecule has 0 fully saturated rings. The summed E-state index contributed by atoms with van der Waals surface area (Å²) in [5.74, 6) is -1.27. The van der Waals surface area contributed by atoms with Crippen molar-refractivity contribution >= 4 is 23.2 Å². The maximum absolute atomic E-state index is 12.9. The number of halogens is 2. The van der Waals surface area contributed by atoms with Crippen molar-refractivity contribution in [1.29, 1.82) is 0 Å². The van der Waals surface area contributed by atoms with Gasteiger partial charge >= 0.3 is 0 Å². The Labute approximate surface area is 169 Å². The van der Waals surface area contributed by atoms with Crippen LogP contribution in [0.2, 0.25) is 5.02 Å². The van der Waals surface area contributed by atoms with Crippen LogP contribution >= 0.6 is 11.6 Å².